The second-order valence-electron chi connectivity index (χ2n) is 3.86. The van der Waals surface area contributed by atoms with Crippen LogP contribution in [0.2, 0.25) is 5.15 Å². The minimum absolute atomic E-state index is 0.371. The number of benzene rings is 1. The summed E-state index contributed by atoms with van der Waals surface area (Å²) in [5, 5.41) is 1.08. The van der Waals surface area contributed by atoms with Gasteiger partial charge in [0.05, 0.1) is 18.0 Å². The van der Waals surface area contributed by atoms with Crippen LogP contribution in [0.15, 0.2) is 18.5 Å². The lowest BCUT2D eigenvalue weighted by Gasteiger charge is -2.13. The van der Waals surface area contributed by atoms with E-state index < -0.39 is 0 Å². The Hall–Kier alpha value is -1.30. The molecular weight excluding hydrogens is 303 g/mol. The van der Waals surface area contributed by atoms with Crippen molar-refractivity contribution in [2.24, 2.45) is 0 Å². The molecule has 0 saturated heterocycles. The highest BCUT2D eigenvalue weighted by molar-refractivity contribution is 6.34. The average Bonchev–Trinajstić information content (AvgIpc) is 2.46. The molecule has 7 heteroatoms. The SMILES string of the molecule is COCCOc1cc2c(Cl)ncnc2cc1OCCCl. The van der Waals surface area contributed by atoms with E-state index in [4.69, 9.17) is 37.4 Å². The molecule has 0 radical (unpaired) electrons. The number of hydrogen-bond donors (Lipinski definition) is 0. The Morgan fingerprint density at radius 2 is 1.80 bits per heavy atom. The first-order valence-electron chi connectivity index (χ1n) is 6.01. The fourth-order valence-electron chi connectivity index (χ4n) is 1.64. The topological polar surface area (TPSA) is 53.5 Å². The molecule has 1 heterocycles. The second kappa shape index (κ2) is 7.47. The molecule has 0 aliphatic rings. The van der Waals surface area contributed by atoms with Crippen LogP contribution >= 0.6 is 23.2 Å². The molecule has 5 nitrogen and oxygen atoms in total. The average molecular weight is 317 g/mol. The zero-order valence-electron chi connectivity index (χ0n) is 10.9. The largest absolute Gasteiger partial charge is 0.488 e. The summed E-state index contributed by atoms with van der Waals surface area (Å²) in [5.41, 5.74) is 0.689. The maximum absolute atomic E-state index is 6.05. The molecule has 2 aromatic rings. The van der Waals surface area contributed by atoms with Crippen molar-refractivity contribution in [2.75, 3.05) is 32.8 Å². The van der Waals surface area contributed by atoms with Crippen LogP contribution in [0.5, 0.6) is 11.5 Å². The zero-order valence-corrected chi connectivity index (χ0v) is 12.4. The van der Waals surface area contributed by atoms with Crippen molar-refractivity contribution in [1.29, 1.82) is 0 Å². The molecule has 0 saturated carbocycles. The predicted molar refractivity (Wildman–Crippen MR) is 78.1 cm³/mol. The summed E-state index contributed by atoms with van der Waals surface area (Å²) >= 11 is 11.7. The molecule has 1 aromatic carbocycles. The van der Waals surface area contributed by atoms with Gasteiger partial charge in [0, 0.05) is 18.6 Å². The molecule has 0 aliphatic heterocycles. The Morgan fingerprint density at radius 3 is 2.55 bits per heavy atom. The molecule has 0 fully saturated rings. The van der Waals surface area contributed by atoms with Gasteiger partial charge in [-0.15, -0.1) is 11.6 Å². The summed E-state index contributed by atoms with van der Waals surface area (Å²) in [6.45, 7) is 1.27. The maximum atomic E-state index is 6.05. The lowest BCUT2D eigenvalue weighted by atomic mass is 10.2. The molecule has 1 aromatic heterocycles. The van der Waals surface area contributed by atoms with E-state index in [1.807, 2.05) is 0 Å². The summed E-state index contributed by atoms with van der Waals surface area (Å²) in [5.74, 6) is 1.53. The third-order valence-electron chi connectivity index (χ3n) is 2.53. The lowest BCUT2D eigenvalue weighted by Crippen LogP contribution is -2.07. The number of alkyl halides is 1. The number of rotatable bonds is 7. The third kappa shape index (κ3) is 3.62. The number of methoxy groups -OCH3 is 1. The number of hydrogen-bond acceptors (Lipinski definition) is 5. The molecule has 0 amide bonds. The van der Waals surface area contributed by atoms with Crippen LogP contribution in [0.1, 0.15) is 0 Å². The highest BCUT2D eigenvalue weighted by Crippen LogP contribution is 2.34. The summed E-state index contributed by atoms with van der Waals surface area (Å²) in [7, 11) is 1.61. The minimum atomic E-state index is 0.371. The Balaban J connectivity index is 2.35. The van der Waals surface area contributed by atoms with Gasteiger partial charge in [-0.05, 0) is 6.07 Å². The van der Waals surface area contributed by atoms with Gasteiger partial charge in [-0.3, -0.25) is 0 Å². The molecular formula is C13H14Cl2N2O3. The Bertz CT molecular complexity index is 581. The monoisotopic (exact) mass is 316 g/mol. The first-order chi connectivity index (χ1) is 9.76. The van der Waals surface area contributed by atoms with Crippen molar-refractivity contribution in [3.63, 3.8) is 0 Å². The number of halogens is 2. The fraction of sp³-hybridized carbons (Fsp3) is 0.385. The second-order valence-corrected chi connectivity index (χ2v) is 4.60. The number of fused-ring (bicyclic) bond motifs is 1. The van der Waals surface area contributed by atoms with Crippen molar-refractivity contribution >= 4 is 34.1 Å². The third-order valence-corrected chi connectivity index (χ3v) is 2.99. The van der Waals surface area contributed by atoms with E-state index >= 15 is 0 Å². The van der Waals surface area contributed by atoms with Gasteiger partial charge in [-0.2, -0.15) is 0 Å². The first-order valence-corrected chi connectivity index (χ1v) is 6.92. The van der Waals surface area contributed by atoms with Crippen molar-refractivity contribution in [2.45, 2.75) is 0 Å². The van der Waals surface area contributed by atoms with E-state index in [1.165, 1.54) is 6.33 Å². The van der Waals surface area contributed by atoms with E-state index in [-0.39, 0.29) is 0 Å². The predicted octanol–water partition coefficient (Wildman–Crippen LogP) is 2.93. The van der Waals surface area contributed by atoms with Crippen LogP contribution in [0, 0.1) is 0 Å². The number of nitrogens with zero attached hydrogens (tertiary/aromatic N) is 2. The van der Waals surface area contributed by atoms with Crippen LogP contribution in [0.25, 0.3) is 10.9 Å². The van der Waals surface area contributed by atoms with Gasteiger partial charge in [-0.25, -0.2) is 9.97 Å². The molecule has 0 bridgehead atoms. The summed E-state index contributed by atoms with van der Waals surface area (Å²) in [6.07, 6.45) is 1.40. The van der Waals surface area contributed by atoms with Crippen molar-refractivity contribution < 1.29 is 14.2 Å². The van der Waals surface area contributed by atoms with Gasteiger partial charge >= 0.3 is 0 Å². The standard InChI is InChI=1S/C13H14Cl2N2O3/c1-18-4-5-20-11-6-9-10(16-8-17-13(9)15)7-12(11)19-3-2-14/h6-8H,2-5H2,1H3. The van der Waals surface area contributed by atoms with Crippen molar-refractivity contribution in [1.82, 2.24) is 9.97 Å². The van der Waals surface area contributed by atoms with Crippen molar-refractivity contribution in [3.05, 3.63) is 23.6 Å². The van der Waals surface area contributed by atoms with Crippen LogP contribution in [0.4, 0.5) is 0 Å². The van der Waals surface area contributed by atoms with Gasteiger partial charge < -0.3 is 14.2 Å². The van der Waals surface area contributed by atoms with Gasteiger partial charge in [0.2, 0.25) is 0 Å². The molecule has 0 spiro atoms. The lowest BCUT2D eigenvalue weighted by molar-refractivity contribution is 0.143. The van der Waals surface area contributed by atoms with Crippen LogP contribution < -0.4 is 9.47 Å². The van der Waals surface area contributed by atoms with Gasteiger partial charge in [0.25, 0.3) is 0 Å². The van der Waals surface area contributed by atoms with Crippen molar-refractivity contribution in [3.8, 4) is 11.5 Å². The molecule has 0 unspecified atom stereocenters. The number of ether oxygens (including phenoxy) is 3. The van der Waals surface area contributed by atoms with E-state index in [0.29, 0.717) is 53.3 Å². The van der Waals surface area contributed by atoms with Crippen LogP contribution in [0.3, 0.4) is 0 Å². The quantitative estimate of drug-likeness (QED) is 0.446. The summed E-state index contributed by atoms with van der Waals surface area (Å²) < 4.78 is 16.2. The molecule has 0 atom stereocenters. The maximum Gasteiger partial charge on any atom is 0.163 e. The van der Waals surface area contributed by atoms with E-state index in [1.54, 1.807) is 19.2 Å². The fourth-order valence-corrected chi connectivity index (χ4v) is 1.91. The highest BCUT2D eigenvalue weighted by Gasteiger charge is 2.11. The van der Waals surface area contributed by atoms with E-state index in [9.17, 15) is 0 Å². The minimum Gasteiger partial charge on any atom is -0.488 e. The van der Waals surface area contributed by atoms with Gasteiger partial charge in [-0.1, -0.05) is 11.6 Å². The Labute approximate surface area is 126 Å². The van der Waals surface area contributed by atoms with E-state index in [2.05, 4.69) is 9.97 Å². The van der Waals surface area contributed by atoms with Crippen LogP contribution in [-0.4, -0.2) is 42.8 Å². The summed E-state index contributed by atoms with van der Waals surface area (Å²) in [6, 6.07) is 3.52. The summed E-state index contributed by atoms with van der Waals surface area (Å²) in [4.78, 5) is 8.11. The van der Waals surface area contributed by atoms with Crippen LogP contribution in [-0.2, 0) is 4.74 Å². The number of aromatic nitrogens is 2. The smallest absolute Gasteiger partial charge is 0.163 e. The molecule has 2 rings (SSSR count). The van der Waals surface area contributed by atoms with Gasteiger partial charge in [0.15, 0.2) is 11.5 Å². The molecule has 108 valence electrons. The zero-order chi connectivity index (χ0) is 14.4. The first kappa shape index (κ1) is 15.1. The Kier molecular flexibility index (Phi) is 5.64. The molecule has 0 aliphatic carbocycles. The van der Waals surface area contributed by atoms with Gasteiger partial charge in [0.1, 0.15) is 24.7 Å². The highest BCUT2D eigenvalue weighted by atomic mass is 35.5. The normalized spacial score (nSPS) is 10.8. The Morgan fingerprint density at radius 1 is 1.05 bits per heavy atom. The molecule has 0 N–H and O–H groups in total. The molecule has 20 heavy (non-hydrogen) atoms. The van der Waals surface area contributed by atoms with E-state index in [0.717, 1.165) is 0 Å².